The summed E-state index contributed by atoms with van der Waals surface area (Å²) in [5.41, 5.74) is 2.75. The van der Waals surface area contributed by atoms with Crippen LogP contribution in [0.1, 0.15) is 76.0 Å². The molecule has 0 bridgehead atoms. The topological polar surface area (TPSA) is 119 Å². The largest absolute Gasteiger partial charge is 0.508 e. The minimum absolute atomic E-state index is 0.166. The van der Waals surface area contributed by atoms with Crippen LogP contribution in [0.5, 0.6) is 5.75 Å². The van der Waals surface area contributed by atoms with Crippen LogP contribution in [0, 0.1) is 6.92 Å². The molecule has 7 heteroatoms. The fourth-order valence-electron chi connectivity index (χ4n) is 4.39. The van der Waals surface area contributed by atoms with E-state index >= 15 is 0 Å². The van der Waals surface area contributed by atoms with Gasteiger partial charge in [-0.05, 0) is 73.7 Å². The molecule has 0 aliphatic carbocycles. The highest BCUT2D eigenvalue weighted by Crippen LogP contribution is 2.30. The van der Waals surface area contributed by atoms with Crippen molar-refractivity contribution in [2.75, 3.05) is 6.54 Å². The monoisotopic (exact) mass is 498 g/mol. The van der Waals surface area contributed by atoms with Crippen molar-refractivity contribution in [2.24, 2.45) is 0 Å². The van der Waals surface area contributed by atoms with Gasteiger partial charge >= 0.3 is 5.97 Å². The standard InChI is InChI=1S/C29H42N2O5/c1-6-21(22-10-8-7-9-11-22)17-26(33)20(3)31-28(36)24(18-27(34)35)30-15-14-29(4,5)23-12-13-25(32)19(2)16-23/h7-13,16,20-21,24,26,30,32-33H,6,14-15,17-18H2,1-5H3,(H,31,36)(H,34,35)/t20?,21?,24-,26?/m0/s1. The number of amides is 1. The van der Waals surface area contributed by atoms with E-state index in [1.807, 2.05) is 49.4 Å². The van der Waals surface area contributed by atoms with E-state index in [9.17, 15) is 24.9 Å². The molecular formula is C29H42N2O5. The summed E-state index contributed by atoms with van der Waals surface area (Å²) in [5, 5.41) is 35.8. The van der Waals surface area contributed by atoms with E-state index in [0.717, 1.165) is 23.1 Å². The maximum atomic E-state index is 13.0. The number of phenolic OH excluding ortho intramolecular Hbond substituents is 1. The van der Waals surface area contributed by atoms with E-state index < -0.39 is 30.1 Å². The van der Waals surface area contributed by atoms with Crippen molar-refractivity contribution in [3.05, 3.63) is 65.2 Å². The lowest BCUT2D eigenvalue weighted by molar-refractivity contribution is -0.140. The first kappa shape index (κ1) is 29.3. The highest BCUT2D eigenvalue weighted by atomic mass is 16.4. The minimum atomic E-state index is -1.07. The fourth-order valence-corrected chi connectivity index (χ4v) is 4.39. The Morgan fingerprint density at radius 2 is 1.75 bits per heavy atom. The molecule has 4 atom stereocenters. The predicted molar refractivity (Wildman–Crippen MR) is 142 cm³/mol. The van der Waals surface area contributed by atoms with Gasteiger partial charge < -0.3 is 26.0 Å². The number of carbonyl (C=O) groups is 2. The van der Waals surface area contributed by atoms with Crippen LogP contribution in [-0.4, -0.2) is 51.9 Å². The number of aliphatic hydroxyl groups excluding tert-OH is 1. The molecule has 0 heterocycles. The summed E-state index contributed by atoms with van der Waals surface area (Å²) in [5.74, 6) is -1.09. The molecule has 0 spiro atoms. The summed E-state index contributed by atoms with van der Waals surface area (Å²) in [6, 6.07) is 14.0. The lowest BCUT2D eigenvalue weighted by Gasteiger charge is -2.28. The van der Waals surface area contributed by atoms with Crippen LogP contribution in [0.2, 0.25) is 0 Å². The van der Waals surface area contributed by atoms with Crippen LogP contribution < -0.4 is 10.6 Å². The number of benzene rings is 2. The molecule has 0 radical (unpaired) electrons. The zero-order valence-corrected chi connectivity index (χ0v) is 22.1. The Labute approximate surface area is 214 Å². The van der Waals surface area contributed by atoms with Gasteiger partial charge in [0.05, 0.1) is 24.6 Å². The molecule has 2 aromatic rings. The summed E-state index contributed by atoms with van der Waals surface area (Å²) in [7, 11) is 0. The van der Waals surface area contributed by atoms with E-state index in [-0.39, 0.29) is 23.5 Å². The number of aliphatic carboxylic acids is 1. The second-order valence-corrected chi connectivity index (χ2v) is 10.4. The Morgan fingerprint density at radius 3 is 2.33 bits per heavy atom. The Bertz CT molecular complexity index is 992. The molecule has 0 aromatic heterocycles. The number of aliphatic hydroxyl groups is 1. The molecular weight excluding hydrogens is 456 g/mol. The summed E-state index contributed by atoms with van der Waals surface area (Å²) >= 11 is 0. The molecule has 0 aliphatic heterocycles. The zero-order chi connectivity index (χ0) is 26.9. The number of nitrogens with one attached hydrogen (secondary N) is 2. The van der Waals surface area contributed by atoms with E-state index in [1.54, 1.807) is 13.0 Å². The molecule has 0 saturated carbocycles. The molecule has 7 nitrogen and oxygen atoms in total. The van der Waals surface area contributed by atoms with Crippen molar-refractivity contribution in [3.8, 4) is 5.75 Å². The maximum Gasteiger partial charge on any atom is 0.305 e. The number of carboxylic acids is 1. The molecule has 3 unspecified atom stereocenters. The Morgan fingerprint density at radius 1 is 1.08 bits per heavy atom. The van der Waals surface area contributed by atoms with Gasteiger partial charge in [0.1, 0.15) is 5.75 Å². The normalized spacial score (nSPS) is 15.1. The zero-order valence-electron chi connectivity index (χ0n) is 22.1. The van der Waals surface area contributed by atoms with Gasteiger partial charge in [0, 0.05) is 0 Å². The third-order valence-corrected chi connectivity index (χ3v) is 7.05. The maximum absolute atomic E-state index is 13.0. The molecule has 0 aliphatic rings. The second-order valence-electron chi connectivity index (χ2n) is 10.4. The van der Waals surface area contributed by atoms with Crippen molar-refractivity contribution in [1.29, 1.82) is 0 Å². The number of aromatic hydroxyl groups is 1. The lowest BCUT2D eigenvalue weighted by Crippen LogP contribution is -2.51. The highest BCUT2D eigenvalue weighted by molar-refractivity contribution is 5.86. The van der Waals surface area contributed by atoms with Gasteiger partial charge in [-0.15, -0.1) is 0 Å². The Hall–Kier alpha value is -2.90. The summed E-state index contributed by atoms with van der Waals surface area (Å²) in [6.07, 6.45) is 0.907. The van der Waals surface area contributed by atoms with Gasteiger partial charge in [0.15, 0.2) is 0 Å². The van der Waals surface area contributed by atoms with Crippen molar-refractivity contribution in [3.63, 3.8) is 0 Å². The number of hydrogen-bond donors (Lipinski definition) is 5. The van der Waals surface area contributed by atoms with E-state index in [0.29, 0.717) is 19.4 Å². The van der Waals surface area contributed by atoms with Crippen LogP contribution in [0.25, 0.3) is 0 Å². The molecule has 198 valence electrons. The number of hydrogen-bond acceptors (Lipinski definition) is 5. The minimum Gasteiger partial charge on any atom is -0.508 e. The van der Waals surface area contributed by atoms with Crippen LogP contribution in [-0.2, 0) is 15.0 Å². The average molecular weight is 499 g/mol. The lowest BCUT2D eigenvalue weighted by atomic mass is 9.81. The summed E-state index contributed by atoms with van der Waals surface area (Å²) in [6.45, 7) is 10.2. The van der Waals surface area contributed by atoms with Gasteiger partial charge in [-0.3, -0.25) is 9.59 Å². The molecule has 2 aromatic carbocycles. The molecule has 0 saturated heterocycles. The predicted octanol–water partition coefficient (Wildman–Crippen LogP) is 4.25. The molecule has 2 rings (SSSR count). The smallest absolute Gasteiger partial charge is 0.305 e. The van der Waals surface area contributed by atoms with Crippen LogP contribution in [0.15, 0.2) is 48.5 Å². The fraction of sp³-hybridized carbons (Fsp3) is 0.517. The number of rotatable bonds is 14. The van der Waals surface area contributed by atoms with Gasteiger partial charge in [0.25, 0.3) is 0 Å². The first-order valence-corrected chi connectivity index (χ1v) is 12.7. The summed E-state index contributed by atoms with van der Waals surface area (Å²) in [4.78, 5) is 24.4. The van der Waals surface area contributed by atoms with Crippen molar-refractivity contribution in [1.82, 2.24) is 10.6 Å². The van der Waals surface area contributed by atoms with Crippen molar-refractivity contribution >= 4 is 11.9 Å². The molecule has 0 fully saturated rings. The molecule has 36 heavy (non-hydrogen) atoms. The first-order chi connectivity index (χ1) is 16.9. The van der Waals surface area contributed by atoms with Gasteiger partial charge in [0.2, 0.25) is 5.91 Å². The summed E-state index contributed by atoms with van der Waals surface area (Å²) < 4.78 is 0. The average Bonchev–Trinajstić information content (AvgIpc) is 2.83. The quantitative estimate of drug-likeness (QED) is 0.266. The van der Waals surface area contributed by atoms with E-state index in [2.05, 4.69) is 31.4 Å². The van der Waals surface area contributed by atoms with Crippen molar-refractivity contribution < 1.29 is 24.9 Å². The SMILES string of the molecule is CCC(CC(O)C(C)NC(=O)[C@H](CC(=O)O)NCCC(C)(C)c1ccc(O)c(C)c1)c1ccccc1. The van der Waals surface area contributed by atoms with Gasteiger partial charge in [-0.25, -0.2) is 0 Å². The third kappa shape index (κ3) is 8.64. The van der Waals surface area contributed by atoms with Gasteiger partial charge in [-0.2, -0.15) is 0 Å². The number of phenols is 1. The third-order valence-electron chi connectivity index (χ3n) is 7.05. The number of carboxylic acid groups (broad SMARTS) is 1. The second kappa shape index (κ2) is 13.4. The van der Waals surface area contributed by atoms with Crippen LogP contribution in [0.3, 0.4) is 0 Å². The number of aryl methyl sites for hydroxylation is 1. The van der Waals surface area contributed by atoms with E-state index in [4.69, 9.17) is 0 Å². The number of carbonyl (C=O) groups excluding carboxylic acids is 1. The Balaban J connectivity index is 1.96. The van der Waals surface area contributed by atoms with Crippen molar-refractivity contribution in [2.45, 2.75) is 89.8 Å². The molecule has 1 amide bonds. The van der Waals surface area contributed by atoms with Gasteiger partial charge in [-0.1, -0.05) is 63.2 Å². The molecule has 5 N–H and O–H groups in total. The van der Waals surface area contributed by atoms with Crippen LogP contribution >= 0.6 is 0 Å². The highest BCUT2D eigenvalue weighted by Gasteiger charge is 2.28. The first-order valence-electron chi connectivity index (χ1n) is 12.7. The van der Waals surface area contributed by atoms with E-state index in [1.165, 1.54) is 0 Å². The van der Waals surface area contributed by atoms with Crippen LogP contribution in [0.4, 0.5) is 0 Å². The Kier molecular flexibility index (Phi) is 10.9.